The molecule has 0 radical (unpaired) electrons. The van der Waals surface area contributed by atoms with Crippen LogP contribution in [0.2, 0.25) is 0 Å². The number of fused-ring (bicyclic) bond motifs is 1. The number of hydrazone groups is 1. The fourth-order valence-corrected chi connectivity index (χ4v) is 3.05. The van der Waals surface area contributed by atoms with Crippen molar-refractivity contribution in [3.05, 3.63) is 40.4 Å². The summed E-state index contributed by atoms with van der Waals surface area (Å²) in [4.78, 5) is 5.00. The van der Waals surface area contributed by atoms with Gasteiger partial charge in [0.25, 0.3) is 0 Å². The summed E-state index contributed by atoms with van der Waals surface area (Å²) in [5.74, 6) is 0. The van der Waals surface area contributed by atoms with Crippen molar-refractivity contribution in [2.24, 2.45) is 5.10 Å². The SMILES string of the molecule is CCCc1c(-c2cn[nH]c2C)nc2c(c1C)C/C=N\NC/C=C\2. The molecule has 3 heterocycles. The van der Waals surface area contributed by atoms with Gasteiger partial charge in [-0.25, -0.2) is 4.98 Å². The Morgan fingerprint density at radius 2 is 2.13 bits per heavy atom. The van der Waals surface area contributed by atoms with Gasteiger partial charge in [0.05, 0.1) is 24.1 Å². The van der Waals surface area contributed by atoms with E-state index < -0.39 is 0 Å². The van der Waals surface area contributed by atoms with Crippen LogP contribution in [0.4, 0.5) is 0 Å². The Morgan fingerprint density at radius 1 is 1.26 bits per heavy atom. The van der Waals surface area contributed by atoms with Gasteiger partial charge in [-0.3, -0.25) is 5.10 Å². The molecule has 0 bridgehead atoms. The lowest BCUT2D eigenvalue weighted by molar-refractivity contribution is 0.830. The molecule has 3 rings (SSSR count). The highest BCUT2D eigenvalue weighted by atomic mass is 15.3. The highest BCUT2D eigenvalue weighted by Crippen LogP contribution is 2.31. The van der Waals surface area contributed by atoms with E-state index in [4.69, 9.17) is 4.98 Å². The average Bonchev–Trinajstić information content (AvgIpc) is 3.00. The molecular formula is C18H23N5. The average molecular weight is 309 g/mol. The Labute approximate surface area is 136 Å². The van der Waals surface area contributed by atoms with Crippen molar-refractivity contribution in [2.45, 2.75) is 40.0 Å². The van der Waals surface area contributed by atoms with Gasteiger partial charge in [-0.2, -0.15) is 10.2 Å². The van der Waals surface area contributed by atoms with Crippen molar-refractivity contribution < 1.29 is 0 Å². The molecule has 0 spiro atoms. The minimum atomic E-state index is 0.716. The smallest absolute Gasteiger partial charge is 0.0778 e. The van der Waals surface area contributed by atoms with Crippen LogP contribution in [-0.4, -0.2) is 27.9 Å². The van der Waals surface area contributed by atoms with Crippen molar-refractivity contribution in [2.75, 3.05) is 6.54 Å². The molecule has 120 valence electrons. The van der Waals surface area contributed by atoms with Gasteiger partial charge in [-0.1, -0.05) is 19.4 Å². The van der Waals surface area contributed by atoms with Gasteiger partial charge in [-0.15, -0.1) is 0 Å². The number of aryl methyl sites for hydroxylation is 1. The quantitative estimate of drug-likeness (QED) is 0.915. The predicted octanol–water partition coefficient (Wildman–Crippen LogP) is 3.19. The van der Waals surface area contributed by atoms with Gasteiger partial charge in [0.15, 0.2) is 0 Å². The van der Waals surface area contributed by atoms with Crippen LogP contribution >= 0.6 is 0 Å². The molecular weight excluding hydrogens is 286 g/mol. The van der Waals surface area contributed by atoms with Gasteiger partial charge in [0.1, 0.15) is 0 Å². The fourth-order valence-electron chi connectivity index (χ4n) is 3.05. The van der Waals surface area contributed by atoms with Crippen LogP contribution in [0.3, 0.4) is 0 Å². The summed E-state index contributed by atoms with van der Waals surface area (Å²) in [7, 11) is 0. The van der Waals surface area contributed by atoms with Crippen LogP contribution in [-0.2, 0) is 12.8 Å². The summed E-state index contributed by atoms with van der Waals surface area (Å²) in [6, 6.07) is 0. The summed E-state index contributed by atoms with van der Waals surface area (Å²) in [6.45, 7) is 7.17. The molecule has 5 heteroatoms. The molecule has 2 aromatic rings. The summed E-state index contributed by atoms with van der Waals surface area (Å²) in [6.07, 6.45) is 10.9. The Morgan fingerprint density at radius 3 is 2.87 bits per heavy atom. The second-order valence-corrected chi connectivity index (χ2v) is 5.87. The van der Waals surface area contributed by atoms with Gasteiger partial charge in [0, 0.05) is 23.9 Å². The van der Waals surface area contributed by atoms with E-state index in [0.717, 1.165) is 41.9 Å². The van der Waals surface area contributed by atoms with E-state index in [0.29, 0.717) is 6.54 Å². The number of pyridine rings is 1. The number of hydrogen-bond acceptors (Lipinski definition) is 4. The van der Waals surface area contributed by atoms with Gasteiger partial charge >= 0.3 is 0 Å². The van der Waals surface area contributed by atoms with E-state index in [-0.39, 0.29) is 0 Å². The highest BCUT2D eigenvalue weighted by molar-refractivity contribution is 5.73. The summed E-state index contributed by atoms with van der Waals surface area (Å²) < 4.78 is 0. The second kappa shape index (κ2) is 6.77. The third-order valence-corrected chi connectivity index (χ3v) is 4.28. The van der Waals surface area contributed by atoms with Crippen LogP contribution < -0.4 is 5.43 Å². The van der Waals surface area contributed by atoms with Gasteiger partial charge in [0.2, 0.25) is 0 Å². The van der Waals surface area contributed by atoms with Gasteiger partial charge in [-0.05, 0) is 43.0 Å². The van der Waals surface area contributed by atoms with Crippen LogP contribution in [0.15, 0.2) is 17.4 Å². The molecule has 0 saturated carbocycles. The first-order chi connectivity index (χ1) is 11.2. The number of nitrogens with one attached hydrogen (secondary N) is 2. The van der Waals surface area contributed by atoms with Gasteiger partial charge < -0.3 is 5.43 Å². The van der Waals surface area contributed by atoms with E-state index in [9.17, 15) is 0 Å². The lowest BCUT2D eigenvalue weighted by Crippen LogP contribution is -2.07. The first-order valence-electron chi connectivity index (χ1n) is 8.16. The molecule has 0 aliphatic carbocycles. The Bertz CT molecular complexity index is 755. The van der Waals surface area contributed by atoms with Crippen molar-refractivity contribution in [1.82, 2.24) is 20.6 Å². The van der Waals surface area contributed by atoms with Crippen LogP contribution in [0.5, 0.6) is 0 Å². The largest absolute Gasteiger partial charge is 0.307 e. The standard InChI is InChI=1S/C18H23N5/c1-4-6-15-12(2)14-8-10-20-19-9-5-7-17(14)22-18(15)16-11-21-23-13(16)3/h5,7,10-11,19H,4,6,8-9H2,1-3H3,(H,21,23)/b7-5-,20-10-. The molecule has 0 saturated heterocycles. The highest BCUT2D eigenvalue weighted by Gasteiger charge is 2.18. The van der Waals surface area contributed by atoms with E-state index in [1.54, 1.807) is 0 Å². The molecule has 0 amide bonds. The van der Waals surface area contributed by atoms with Crippen molar-refractivity contribution in [1.29, 1.82) is 0 Å². The first-order valence-corrected chi connectivity index (χ1v) is 8.16. The van der Waals surface area contributed by atoms with E-state index >= 15 is 0 Å². The normalized spacial score (nSPS) is 16.7. The monoisotopic (exact) mass is 309 g/mol. The maximum atomic E-state index is 5.00. The topological polar surface area (TPSA) is 66.0 Å². The molecule has 2 aromatic heterocycles. The zero-order chi connectivity index (χ0) is 16.2. The zero-order valence-corrected chi connectivity index (χ0v) is 14.0. The number of hydrogen-bond donors (Lipinski definition) is 2. The Kier molecular flexibility index (Phi) is 4.55. The van der Waals surface area contributed by atoms with Crippen LogP contribution in [0.25, 0.3) is 17.3 Å². The fraction of sp³-hybridized carbons (Fsp3) is 0.389. The predicted molar refractivity (Wildman–Crippen MR) is 94.5 cm³/mol. The molecule has 2 N–H and O–H groups in total. The minimum Gasteiger partial charge on any atom is -0.307 e. The first kappa shape index (κ1) is 15.5. The lowest BCUT2D eigenvalue weighted by Gasteiger charge is -2.17. The van der Waals surface area contributed by atoms with E-state index in [1.807, 2.05) is 19.3 Å². The van der Waals surface area contributed by atoms with E-state index in [1.165, 1.54) is 16.7 Å². The van der Waals surface area contributed by atoms with Crippen molar-refractivity contribution in [3.63, 3.8) is 0 Å². The Hall–Kier alpha value is -2.43. The maximum Gasteiger partial charge on any atom is 0.0778 e. The maximum absolute atomic E-state index is 5.00. The molecule has 5 nitrogen and oxygen atoms in total. The molecule has 1 aliphatic heterocycles. The van der Waals surface area contributed by atoms with Crippen LogP contribution in [0, 0.1) is 13.8 Å². The van der Waals surface area contributed by atoms with Crippen LogP contribution in [0.1, 0.15) is 41.4 Å². The molecule has 0 fully saturated rings. The van der Waals surface area contributed by atoms with Crippen molar-refractivity contribution >= 4 is 12.3 Å². The number of nitrogens with zero attached hydrogens (tertiary/aromatic N) is 3. The summed E-state index contributed by atoms with van der Waals surface area (Å²) in [5, 5.41) is 11.4. The molecule has 0 aromatic carbocycles. The zero-order valence-electron chi connectivity index (χ0n) is 14.0. The third-order valence-electron chi connectivity index (χ3n) is 4.28. The second-order valence-electron chi connectivity index (χ2n) is 5.87. The van der Waals surface area contributed by atoms with E-state index in [2.05, 4.69) is 46.7 Å². The summed E-state index contributed by atoms with van der Waals surface area (Å²) in [5.41, 5.74) is 11.2. The third kappa shape index (κ3) is 3.04. The lowest BCUT2D eigenvalue weighted by atomic mass is 9.92. The molecule has 0 unspecified atom stereocenters. The number of aromatic nitrogens is 3. The Balaban J connectivity index is 2.23. The number of aromatic amines is 1. The van der Waals surface area contributed by atoms with Crippen molar-refractivity contribution in [3.8, 4) is 11.3 Å². The summed E-state index contributed by atoms with van der Waals surface area (Å²) >= 11 is 0. The minimum absolute atomic E-state index is 0.716. The number of H-pyrrole nitrogens is 1. The molecule has 23 heavy (non-hydrogen) atoms. The molecule has 0 atom stereocenters. The number of rotatable bonds is 3. The molecule has 1 aliphatic rings.